The predicted molar refractivity (Wildman–Crippen MR) is 93.9 cm³/mol. The molecule has 0 aliphatic rings. The Labute approximate surface area is 140 Å². The molecule has 3 aromatic rings. The van der Waals surface area contributed by atoms with Crippen molar-refractivity contribution in [1.82, 2.24) is 0 Å². The molecule has 0 fully saturated rings. The van der Waals surface area contributed by atoms with Gasteiger partial charge in [0.05, 0.1) is 17.9 Å². The highest BCUT2D eigenvalue weighted by Gasteiger charge is 1.96. The number of carbonyl (C=O) groups is 1. The Kier molecular flexibility index (Phi) is 4.68. The summed E-state index contributed by atoms with van der Waals surface area (Å²) < 4.78 is 0. The van der Waals surface area contributed by atoms with Gasteiger partial charge >= 0.3 is 0 Å². The highest BCUT2D eigenvalue weighted by atomic mass is 16.4. The molecule has 0 atom stereocenters. The summed E-state index contributed by atoms with van der Waals surface area (Å²) in [5.41, 5.74) is 7.00. The lowest BCUT2D eigenvalue weighted by Crippen LogP contribution is -2.21. The van der Waals surface area contributed by atoms with Gasteiger partial charge in [-0.2, -0.15) is 5.10 Å². The van der Waals surface area contributed by atoms with E-state index in [4.69, 9.17) is 0 Å². The molecule has 0 amide bonds. The molecule has 0 unspecified atom stereocenters. The molecule has 3 aromatic carbocycles. The molecule has 4 nitrogen and oxygen atoms in total. The fourth-order valence-corrected chi connectivity index (χ4v) is 2.25. The third-order valence-electron chi connectivity index (χ3n) is 3.55. The summed E-state index contributed by atoms with van der Waals surface area (Å²) in [4.78, 5) is 10.7. The first-order chi connectivity index (χ1) is 11.7. The van der Waals surface area contributed by atoms with Gasteiger partial charge in [0.25, 0.3) is 0 Å². The minimum Gasteiger partial charge on any atom is -0.545 e. The number of carboxylic acid groups (broad SMARTS) is 1. The maximum absolute atomic E-state index is 10.7. The molecule has 0 radical (unpaired) electrons. The normalized spacial score (nSPS) is 10.7. The van der Waals surface area contributed by atoms with Gasteiger partial charge in [-0.1, -0.05) is 66.7 Å². The van der Waals surface area contributed by atoms with E-state index in [9.17, 15) is 9.90 Å². The van der Waals surface area contributed by atoms with Crippen LogP contribution < -0.4 is 10.5 Å². The van der Waals surface area contributed by atoms with Gasteiger partial charge in [0.15, 0.2) is 0 Å². The SMILES string of the molecule is O=C([O-])c1ccc(N/N=C\c2ccc(-c3ccccc3)cc2)cc1. The number of hydrogen-bond acceptors (Lipinski definition) is 4. The van der Waals surface area contributed by atoms with Crippen molar-refractivity contribution in [3.63, 3.8) is 0 Å². The van der Waals surface area contributed by atoms with Gasteiger partial charge in [-0.05, 0) is 34.4 Å². The number of nitrogens with zero attached hydrogens (tertiary/aromatic N) is 1. The van der Waals surface area contributed by atoms with E-state index < -0.39 is 5.97 Å². The highest BCUT2D eigenvalue weighted by Crippen LogP contribution is 2.18. The predicted octanol–water partition coefficient (Wildman–Crippen LogP) is 3.16. The van der Waals surface area contributed by atoms with Crippen LogP contribution in [-0.2, 0) is 0 Å². The van der Waals surface area contributed by atoms with E-state index in [1.54, 1.807) is 18.3 Å². The van der Waals surface area contributed by atoms with E-state index in [0.717, 1.165) is 11.1 Å². The lowest BCUT2D eigenvalue weighted by molar-refractivity contribution is -0.255. The Morgan fingerprint density at radius 1 is 0.833 bits per heavy atom. The minimum atomic E-state index is -1.19. The number of rotatable bonds is 5. The summed E-state index contributed by atoms with van der Waals surface area (Å²) >= 11 is 0. The maximum atomic E-state index is 10.7. The number of aromatic carboxylic acids is 1. The van der Waals surface area contributed by atoms with E-state index in [1.807, 2.05) is 42.5 Å². The maximum Gasteiger partial charge on any atom is 0.0715 e. The second-order valence-corrected chi connectivity index (χ2v) is 5.22. The second kappa shape index (κ2) is 7.24. The van der Waals surface area contributed by atoms with E-state index in [0.29, 0.717) is 5.69 Å². The molecule has 3 rings (SSSR count). The van der Waals surface area contributed by atoms with Crippen molar-refractivity contribution in [2.75, 3.05) is 5.43 Å². The number of carboxylic acids is 1. The van der Waals surface area contributed by atoms with Gasteiger partial charge in [0.2, 0.25) is 0 Å². The van der Waals surface area contributed by atoms with E-state index >= 15 is 0 Å². The highest BCUT2D eigenvalue weighted by molar-refractivity contribution is 5.86. The van der Waals surface area contributed by atoms with Crippen molar-refractivity contribution in [3.05, 3.63) is 90.0 Å². The van der Waals surface area contributed by atoms with Crippen molar-refractivity contribution >= 4 is 17.9 Å². The van der Waals surface area contributed by atoms with Gasteiger partial charge in [-0.3, -0.25) is 5.43 Å². The molecule has 0 aliphatic carbocycles. The van der Waals surface area contributed by atoms with Gasteiger partial charge in [-0.15, -0.1) is 0 Å². The van der Waals surface area contributed by atoms with Gasteiger partial charge in [0, 0.05) is 0 Å². The molecule has 0 aromatic heterocycles. The first-order valence-electron chi connectivity index (χ1n) is 7.48. The number of nitrogens with one attached hydrogen (secondary N) is 1. The molecule has 0 spiro atoms. The van der Waals surface area contributed by atoms with Crippen molar-refractivity contribution in [1.29, 1.82) is 0 Å². The Hall–Kier alpha value is -3.40. The molecule has 1 N–H and O–H groups in total. The average Bonchev–Trinajstić information content (AvgIpc) is 2.63. The van der Waals surface area contributed by atoms with Crippen LogP contribution >= 0.6 is 0 Å². The second-order valence-electron chi connectivity index (χ2n) is 5.22. The molecule has 0 bridgehead atoms. The summed E-state index contributed by atoms with van der Waals surface area (Å²) in [7, 11) is 0. The van der Waals surface area contributed by atoms with Crippen LogP contribution in [0.15, 0.2) is 84.0 Å². The van der Waals surface area contributed by atoms with Crippen LogP contribution in [0.4, 0.5) is 5.69 Å². The average molecular weight is 315 g/mol. The molecule has 4 heteroatoms. The summed E-state index contributed by atoms with van der Waals surface area (Å²) in [5, 5.41) is 14.8. The monoisotopic (exact) mass is 315 g/mol. The van der Waals surface area contributed by atoms with Gasteiger partial charge in [-0.25, -0.2) is 0 Å². The van der Waals surface area contributed by atoms with E-state index in [-0.39, 0.29) is 5.56 Å². The summed E-state index contributed by atoms with van der Waals surface area (Å²) in [6.45, 7) is 0. The molecule has 24 heavy (non-hydrogen) atoms. The Morgan fingerprint density at radius 3 is 2.08 bits per heavy atom. The fourth-order valence-electron chi connectivity index (χ4n) is 2.25. The van der Waals surface area contributed by atoms with Crippen LogP contribution in [0.1, 0.15) is 15.9 Å². The van der Waals surface area contributed by atoms with Crippen LogP contribution in [-0.4, -0.2) is 12.2 Å². The Bertz CT molecular complexity index is 839. The fraction of sp³-hybridized carbons (Fsp3) is 0. The molecule has 0 heterocycles. The van der Waals surface area contributed by atoms with Gasteiger partial charge in [0.1, 0.15) is 0 Å². The lowest BCUT2D eigenvalue weighted by Gasteiger charge is -2.04. The number of hydrazone groups is 1. The standard InChI is InChI=1S/C20H16N2O2/c23-20(24)18-10-12-19(13-11-18)22-21-14-15-6-8-17(9-7-15)16-4-2-1-3-5-16/h1-14,22H,(H,23,24)/p-1/b21-14-. The van der Waals surface area contributed by atoms with Crippen LogP contribution in [0.25, 0.3) is 11.1 Å². The van der Waals surface area contributed by atoms with Crippen molar-refractivity contribution in [3.8, 4) is 11.1 Å². The third kappa shape index (κ3) is 3.87. The van der Waals surface area contributed by atoms with E-state index in [2.05, 4.69) is 22.7 Å². The first-order valence-corrected chi connectivity index (χ1v) is 7.48. The van der Waals surface area contributed by atoms with Crippen LogP contribution in [0.5, 0.6) is 0 Å². The number of carbonyl (C=O) groups excluding carboxylic acids is 1. The molecule has 0 saturated carbocycles. The van der Waals surface area contributed by atoms with E-state index in [1.165, 1.54) is 17.7 Å². The minimum absolute atomic E-state index is 0.140. The Morgan fingerprint density at radius 2 is 1.46 bits per heavy atom. The van der Waals surface area contributed by atoms with Crippen molar-refractivity contribution in [2.24, 2.45) is 5.10 Å². The summed E-state index contributed by atoms with van der Waals surface area (Å²) in [6.07, 6.45) is 1.71. The summed E-state index contributed by atoms with van der Waals surface area (Å²) in [5.74, 6) is -1.19. The quantitative estimate of drug-likeness (QED) is 0.581. The van der Waals surface area contributed by atoms with Crippen molar-refractivity contribution in [2.45, 2.75) is 0 Å². The molecule has 0 saturated heterocycles. The number of anilines is 1. The zero-order valence-electron chi connectivity index (χ0n) is 12.8. The van der Waals surface area contributed by atoms with Crippen LogP contribution in [0.2, 0.25) is 0 Å². The van der Waals surface area contributed by atoms with Gasteiger partial charge < -0.3 is 9.90 Å². The Balaban J connectivity index is 1.63. The van der Waals surface area contributed by atoms with Crippen LogP contribution in [0.3, 0.4) is 0 Å². The first kappa shape index (κ1) is 15.5. The zero-order valence-corrected chi connectivity index (χ0v) is 12.8. The lowest BCUT2D eigenvalue weighted by atomic mass is 10.0. The molecule has 0 aliphatic heterocycles. The summed E-state index contributed by atoms with van der Waals surface area (Å²) in [6, 6.07) is 24.5. The molecular weight excluding hydrogens is 300 g/mol. The molecule has 118 valence electrons. The number of hydrogen-bond donors (Lipinski definition) is 1. The topological polar surface area (TPSA) is 64.5 Å². The van der Waals surface area contributed by atoms with Crippen LogP contribution in [0, 0.1) is 0 Å². The largest absolute Gasteiger partial charge is 0.545 e. The van der Waals surface area contributed by atoms with Crippen molar-refractivity contribution < 1.29 is 9.90 Å². The molecular formula is C20H15N2O2-. The number of benzene rings is 3. The smallest absolute Gasteiger partial charge is 0.0715 e. The zero-order chi connectivity index (χ0) is 16.8. The third-order valence-corrected chi connectivity index (χ3v) is 3.55.